The number of hydrogen-bond donors (Lipinski definition) is 1. The number of nitrogens with two attached hydrogens (primary N) is 1. The van der Waals surface area contributed by atoms with Crippen molar-refractivity contribution in [1.82, 2.24) is 4.31 Å². The van der Waals surface area contributed by atoms with Gasteiger partial charge in [-0.2, -0.15) is 4.31 Å². The summed E-state index contributed by atoms with van der Waals surface area (Å²) < 4.78 is 27.4. The molecule has 2 atom stereocenters. The number of piperidine rings is 1. The number of hydrogen-bond acceptors (Lipinski definition) is 5. The molecule has 7 nitrogen and oxygen atoms in total. The third kappa shape index (κ3) is 3.39. The number of nitro groups is 1. The van der Waals surface area contributed by atoms with Crippen molar-refractivity contribution in [3.05, 3.63) is 33.4 Å². The quantitative estimate of drug-likeness (QED) is 0.665. The van der Waals surface area contributed by atoms with Crippen molar-refractivity contribution in [2.45, 2.75) is 44.6 Å². The van der Waals surface area contributed by atoms with Crippen molar-refractivity contribution >= 4 is 15.7 Å². The minimum absolute atomic E-state index is 0.0719. The summed E-state index contributed by atoms with van der Waals surface area (Å²) in [5.74, 6) is 0.0719. The van der Waals surface area contributed by atoms with Crippen molar-refractivity contribution in [3.8, 4) is 0 Å². The highest BCUT2D eigenvalue weighted by Gasteiger charge is 2.37. The molecule has 0 radical (unpaired) electrons. The molecule has 1 aliphatic heterocycles. The van der Waals surface area contributed by atoms with Gasteiger partial charge in [0.05, 0.1) is 4.92 Å². The molecule has 0 saturated carbocycles. The number of aryl methyl sites for hydroxylation is 2. The molecule has 1 fully saturated rings. The third-order valence-corrected chi connectivity index (χ3v) is 6.52. The molecule has 0 aromatic heterocycles. The first kappa shape index (κ1) is 17.8. The van der Waals surface area contributed by atoms with E-state index in [0.29, 0.717) is 30.6 Å². The van der Waals surface area contributed by atoms with Gasteiger partial charge >= 0.3 is 0 Å². The van der Waals surface area contributed by atoms with Gasteiger partial charge in [-0.3, -0.25) is 10.1 Å². The van der Waals surface area contributed by atoms with Gasteiger partial charge in [-0.25, -0.2) is 8.42 Å². The molecule has 1 saturated heterocycles. The van der Waals surface area contributed by atoms with Crippen LogP contribution >= 0.6 is 0 Å². The normalized spacial score (nSPS) is 21.1. The minimum Gasteiger partial charge on any atom is -0.328 e. The van der Waals surface area contributed by atoms with Crippen LogP contribution in [-0.4, -0.2) is 36.8 Å². The van der Waals surface area contributed by atoms with Crippen LogP contribution in [-0.2, 0) is 10.0 Å². The number of benzene rings is 1. The van der Waals surface area contributed by atoms with Crippen LogP contribution in [0.3, 0.4) is 0 Å². The van der Waals surface area contributed by atoms with Gasteiger partial charge < -0.3 is 5.73 Å². The predicted octanol–water partition coefficient (Wildman–Crippen LogP) is 1.96. The van der Waals surface area contributed by atoms with Crippen LogP contribution in [0.2, 0.25) is 0 Å². The van der Waals surface area contributed by atoms with E-state index in [0.717, 1.165) is 6.42 Å². The summed E-state index contributed by atoms with van der Waals surface area (Å²) in [5, 5.41) is 11.4. The van der Waals surface area contributed by atoms with Crippen LogP contribution in [0.5, 0.6) is 0 Å². The van der Waals surface area contributed by atoms with Crippen LogP contribution in [0.4, 0.5) is 5.69 Å². The average molecular weight is 341 g/mol. The first-order valence-electron chi connectivity index (χ1n) is 7.66. The van der Waals surface area contributed by atoms with Crippen LogP contribution in [0.25, 0.3) is 0 Å². The Hall–Kier alpha value is -1.51. The standard InChI is InChI=1S/C15H23N3O4S/c1-10-6-7-11(2)15(14(10)18(19)20)23(21,22)17-8-4-5-13(9-17)12(3)16/h6-7,12-13H,4-5,8-9,16H2,1-3H3. The van der Waals surface area contributed by atoms with E-state index < -0.39 is 14.9 Å². The molecule has 0 aliphatic carbocycles. The lowest BCUT2D eigenvalue weighted by Gasteiger charge is -2.34. The molecule has 0 amide bonds. The summed E-state index contributed by atoms with van der Waals surface area (Å²) in [4.78, 5) is 10.6. The molecule has 8 heteroatoms. The van der Waals surface area contributed by atoms with E-state index >= 15 is 0 Å². The molecule has 1 aliphatic rings. The van der Waals surface area contributed by atoms with Gasteiger partial charge in [0.15, 0.2) is 4.90 Å². The first-order chi connectivity index (χ1) is 10.7. The summed E-state index contributed by atoms with van der Waals surface area (Å²) in [7, 11) is -3.92. The third-order valence-electron chi connectivity index (χ3n) is 4.47. The van der Waals surface area contributed by atoms with Gasteiger partial charge in [-0.05, 0) is 45.1 Å². The second-order valence-electron chi connectivity index (χ2n) is 6.26. The molecule has 1 heterocycles. The molecule has 2 rings (SSSR count). The number of sulfonamides is 1. The minimum atomic E-state index is -3.92. The van der Waals surface area contributed by atoms with E-state index in [1.165, 1.54) is 4.31 Å². The Balaban J connectivity index is 2.52. The fourth-order valence-electron chi connectivity index (χ4n) is 3.07. The van der Waals surface area contributed by atoms with Crippen LogP contribution in [0, 0.1) is 29.9 Å². The molecule has 128 valence electrons. The molecule has 1 aromatic rings. The molecular formula is C15H23N3O4S. The van der Waals surface area contributed by atoms with Crippen molar-refractivity contribution in [1.29, 1.82) is 0 Å². The van der Waals surface area contributed by atoms with Gasteiger partial charge in [-0.15, -0.1) is 0 Å². The van der Waals surface area contributed by atoms with Crippen molar-refractivity contribution in [2.75, 3.05) is 13.1 Å². The second-order valence-corrected chi connectivity index (χ2v) is 8.13. The second kappa shape index (κ2) is 6.54. The number of rotatable bonds is 4. The van der Waals surface area contributed by atoms with Gasteiger partial charge in [0, 0.05) is 24.7 Å². The zero-order valence-electron chi connectivity index (χ0n) is 13.7. The lowest BCUT2D eigenvalue weighted by Crippen LogP contribution is -2.45. The molecule has 23 heavy (non-hydrogen) atoms. The van der Waals surface area contributed by atoms with Crippen LogP contribution in [0.1, 0.15) is 30.9 Å². The molecule has 2 N–H and O–H groups in total. The SMILES string of the molecule is Cc1ccc(C)c(S(=O)(=O)N2CCCC(C(C)N)C2)c1[N+](=O)[O-]. The van der Waals surface area contributed by atoms with E-state index in [1.54, 1.807) is 26.0 Å². The fraction of sp³-hybridized carbons (Fsp3) is 0.600. The van der Waals surface area contributed by atoms with E-state index in [1.807, 2.05) is 6.92 Å². The predicted molar refractivity (Wildman–Crippen MR) is 87.7 cm³/mol. The van der Waals surface area contributed by atoms with Crippen LogP contribution < -0.4 is 5.73 Å². The summed E-state index contributed by atoms with van der Waals surface area (Å²) in [6.07, 6.45) is 1.59. The Kier molecular flexibility index (Phi) is 5.07. The van der Waals surface area contributed by atoms with Gasteiger partial charge in [0.1, 0.15) is 0 Å². The largest absolute Gasteiger partial charge is 0.328 e. The topological polar surface area (TPSA) is 107 Å². The number of nitro benzene ring substituents is 1. The maximum absolute atomic E-state index is 13.0. The molecule has 2 unspecified atom stereocenters. The summed E-state index contributed by atoms with van der Waals surface area (Å²) in [6.45, 7) is 5.69. The Morgan fingerprint density at radius 2 is 1.96 bits per heavy atom. The molecule has 0 spiro atoms. The molecule has 0 bridgehead atoms. The smallest absolute Gasteiger partial charge is 0.292 e. The summed E-state index contributed by atoms with van der Waals surface area (Å²) in [6, 6.07) is 3.08. The lowest BCUT2D eigenvalue weighted by molar-refractivity contribution is -0.388. The Labute approximate surface area is 136 Å². The van der Waals surface area contributed by atoms with Crippen molar-refractivity contribution in [3.63, 3.8) is 0 Å². The maximum atomic E-state index is 13.0. The molecular weight excluding hydrogens is 318 g/mol. The zero-order chi connectivity index (χ0) is 17.4. The summed E-state index contributed by atoms with van der Waals surface area (Å²) >= 11 is 0. The van der Waals surface area contributed by atoms with Crippen molar-refractivity contribution < 1.29 is 13.3 Å². The monoisotopic (exact) mass is 341 g/mol. The lowest BCUT2D eigenvalue weighted by atomic mass is 9.93. The van der Waals surface area contributed by atoms with Crippen molar-refractivity contribution in [2.24, 2.45) is 11.7 Å². The van der Waals surface area contributed by atoms with Gasteiger partial charge in [-0.1, -0.05) is 12.1 Å². The van der Waals surface area contributed by atoms with Gasteiger partial charge in [0.2, 0.25) is 10.0 Å². The van der Waals surface area contributed by atoms with E-state index in [9.17, 15) is 18.5 Å². The number of nitrogens with zero attached hydrogens (tertiary/aromatic N) is 2. The first-order valence-corrected chi connectivity index (χ1v) is 9.10. The van der Waals surface area contributed by atoms with E-state index in [-0.39, 0.29) is 22.5 Å². The highest BCUT2D eigenvalue weighted by molar-refractivity contribution is 7.89. The highest BCUT2D eigenvalue weighted by Crippen LogP contribution is 2.34. The van der Waals surface area contributed by atoms with Gasteiger partial charge in [0.25, 0.3) is 5.69 Å². The van der Waals surface area contributed by atoms with E-state index in [4.69, 9.17) is 5.73 Å². The van der Waals surface area contributed by atoms with E-state index in [2.05, 4.69) is 0 Å². The zero-order valence-corrected chi connectivity index (χ0v) is 14.5. The Bertz CT molecular complexity index is 716. The fourth-order valence-corrected chi connectivity index (χ4v) is 5.04. The Morgan fingerprint density at radius 1 is 1.35 bits per heavy atom. The van der Waals surface area contributed by atoms with Crippen LogP contribution in [0.15, 0.2) is 17.0 Å². The highest BCUT2D eigenvalue weighted by atomic mass is 32.2. The molecule has 1 aromatic carbocycles. The maximum Gasteiger partial charge on any atom is 0.292 e. The average Bonchev–Trinajstić information content (AvgIpc) is 2.48. The Morgan fingerprint density at radius 3 is 2.52 bits per heavy atom. The summed E-state index contributed by atoms with van der Waals surface area (Å²) in [5.41, 5.74) is 6.33.